The van der Waals surface area contributed by atoms with E-state index in [4.69, 9.17) is 9.72 Å². The average Bonchev–Trinajstić information content (AvgIpc) is 3.46. The van der Waals surface area contributed by atoms with Crippen LogP contribution < -0.4 is 4.90 Å². The molecule has 152 valence electrons. The number of pyridine rings is 2. The van der Waals surface area contributed by atoms with Crippen molar-refractivity contribution in [3.05, 3.63) is 41.7 Å². The van der Waals surface area contributed by atoms with Crippen LogP contribution in [-0.2, 0) is 20.9 Å². The number of nitrogens with zero attached hydrogens (tertiary/aromatic N) is 4. The number of allylic oxidation sites excluding steroid dienone is 1. The van der Waals surface area contributed by atoms with Crippen LogP contribution in [0.15, 0.2) is 34.8 Å². The number of fused-ring (bicyclic) bond motifs is 1. The molecule has 1 aliphatic heterocycles. The molecule has 2 aliphatic carbocycles. The summed E-state index contributed by atoms with van der Waals surface area (Å²) in [6.07, 6.45) is 10.7. The van der Waals surface area contributed by atoms with E-state index in [0.29, 0.717) is 19.0 Å². The number of hydrogen-bond donors (Lipinski definition) is 0. The number of ether oxygens (including phenoxy) is 1. The van der Waals surface area contributed by atoms with Gasteiger partial charge in [0.25, 0.3) is 0 Å². The first-order valence-corrected chi connectivity index (χ1v) is 12.2. The summed E-state index contributed by atoms with van der Waals surface area (Å²) in [6.45, 7) is 4.39. The molecular weight excluding hydrogens is 384 g/mol. The van der Waals surface area contributed by atoms with E-state index in [1.165, 1.54) is 0 Å². The van der Waals surface area contributed by atoms with E-state index < -0.39 is 9.73 Å². The normalized spacial score (nSPS) is 23.0. The third-order valence-corrected chi connectivity index (χ3v) is 8.12. The predicted molar refractivity (Wildman–Crippen MR) is 117 cm³/mol. The SMILES string of the molecule is C[C@@H]1COCCN1c1cc(N=S(C)(=O)C2CC2)nc(-c2ccnc3c2C=CC3)c1. The van der Waals surface area contributed by atoms with Crippen molar-refractivity contribution in [3.63, 3.8) is 0 Å². The van der Waals surface area contributed by atoms with Gasteiger partial charge in [-0.2, -0.15) is 4.36 Å². The molecule has 3 aliphatic rings. The zero-order valence-electron chi connectivity index (χ0n) is 16.9. The van der Waals surface area contributed by atoms with Crippen molar-refractivity contribution < 1.29 is 8.95 Å². The smallest absolute Gasteiger partial charge is 0.164 e. The van der Waals surface area contributed by atoms with E-state index in [-0.39, 0.29) is 11.3 Å². The van der Waals surface area contributed by atoms with Crippen molar-refractivity contribution in [2.45, 2.75) is 37.5 Å². The zero-order valence-corrected chi connectivity index (χ0v) is 17.7. The summed E-state index contributed by atoms with van der Waals surface area (Å²) in [5.74, 6) is 0.558. The van der Waals surface area contributed by atoms with Crippen LogP contribution >= 0.6 is 0 Å². The van der Waals surface area contributed by atoms with Crippen LogP contribution in [-0.4, -0.2) is 51.5 Å². The molecule has 3 heterocycles. The molecular formula is C22H26N4O2S. The molecule has 0 bridgehead atoms. The molecule has 0 spiro atoms. The lowest BCUT2D eigenvalue weighted by Crippen LogP contribution is -2.43. The van der Waals surface area contributed by atoms with Gasteiger partial charge in [0.05, 0.1) is 34.3 Å². The second-order valence-electron chi connectivity index (χ2n) is 8.16. The fraction of sp³-hybridized carbons (Fsp3) is 0.455. The summed E-state index contributed by atoms with van der Waals surface area (Å²) in [5.41, 5.74) is 5.17. The molecule has 7 heteroatoms. The van der Waals surface area contributed by atoms with Crippen molar-refractivity contribution in [3.8, 4) is 11.3 Å². The Morgan fingerprint density at radius 2 is 2.17 bits per heavy atom. The minimum Gasteiger partial charge on any atom is -0.377 e. The van der Waals surface area contributed by atoms with E-state index in [2.05, 4.69) is 39.4 Å². The molecule has 6 nitrogen and oxygen atoms in total. The topological polar surface area (TPSA) is 67.7 Å². The summed E-state index contributed by atoms with van der Waals surface area (Å²) >= 11 is 0. The standard InChI is InChI=1S/C22H26N4O2S/c1-15-14-28-11-10-26(15)16-12-21(19-8-9-23-20-5-3-4-18(19)20)24-22(13-16)25-29(2,27)17-6-7-17/h3-4,8-9,12-13,15,17H,5-7,10-11,14H2,1-2H3/t15-,29?/m1/s1. The molecule has 1 saturated carbocycles. The Bertz CT molecular complexity index is 1100. The van der Waals surface area contributed by atoms with Gasteiger partial charge in [0.1, 0.15) is 0 Å². The summed E-state index contributed by atoms with van der Waals surface area (Å²) in [6, 6.07) is 6.38. The average molecular weight is 411 g/mol. The van der Waals surface area contributed by atoms with Crippen molar-refractivity contribution in [2.24, 2.45) is 4.36 Å². The highest BCUT2D eigenvalue weighted by Gasteiger charge is 2.31. The summed E-state index contributed by atoms with van der Waals surface area (Å²) in [7, 11) is -2.27. The molecule has 0 amide bonds. The van der Waals surface area contributed by atoms with Crippen LogP contribution in [0.5, 0.6) is 0 Å². The fourth-order valence-corrected chi connectivity index (χ4v) is 5.73. The Kier molecular flexibility index (Phi) is 4.67. The second kappa shape index (κ2) is 7.22. The molecule has 2 aromatic heterocycles. The summed E-state index contributed by atoms with van der Waals surface area (Å²) in [5, 5.41) is 0.201. The number of morpholine rings is 1. The minimum absolute atomic E-state index is 0.201. The van der Waals surface area contributed by atoms with Crippen LogP contribution in [0.3, 0.4) is 0 Å². The molecule has 0 aromatic carbocycles. The molecule has 2 aromatic rings. The van der Waals surface area contributed by atoms with Crippen LogP contribution in [0, 0.1) is 0 Å². The lowest BCUT2D eigenvalue weighted by Gasteiger charge is -2.35. The molecule has 29 heavy (non-hydrogen) atoms. The van der Waals surface area contributed by atoms with Gasteiger partial charge in [0, 0.05) is 59.6 Å². The minimum atomic E-state index is -2.27. The van der Waals surface area contributed by atoms with Crippen molar-refractivity contribution in [2.75, 3.05) is 30.9 Å². The predicted octanol–water partition coefficient (Wildman–Crippen LogP) is 3.83. The van der Waals surface area contributed by atoms with Gasteiger partial charge in [-0.25, -0.2) is 9.19 Å². The number of hydrogen-bond acceptors (Lipinski definition) is 6. The fourth-order valence-electron chi connectivity index (χ4n) is 4.11. The van der Waals surface area contributed by atoms with E-state index >= 15 is 0 Å². The first-order chi connectivity index (χ1) is 14.0. The maximum absolute atomic E-state index is 13.0. The maximum Gasteiger partial charge on any atom is 0.164 e. The number of rotatable bonds is 4. The van der Waals surface area contributed by atoms with Gasteiger partial charge >= 0.3 is 0 Å². The van der Waals surface area contributed by atoms with Gasteiger partial charge in [0.15, 0.2) is 5.82 Å². The Labute approximate surface area is 172 Å². The van der Waals surface area contributed by atoms with Crippen LogP contribution in [0.1, 0.15) is 31.0 Å². The van der Waals surface area contributed by atoms with E-state index in [1.807, 2.05) is 18.3 Å². The Morgan fingerprint density at radius 1 is 1.31 bits per heavy atom. The highest BCUT2D eigenvalue weighted by molar-refractivity contribution is 7.93. The Morgan fingerprint density at radius 3 is 2.97 bits per heavy atom. The van der Waals surface area contributed by atoms with Gasteiger partial charge < -0.3 is 9.64 Å². The third kappa shape index (κ3) is 3.69. The molecule has 0 N–H and O–H groups in total. The Balaban J connectivity index is 1.65. The third-order valence-electron chi connectivity index (χ3n) is 5.86. The van der Waals surface area contributed by atoms with E-state index in [0.717, 1.165) is 54.0 Å². The van der Waals surface area contributed by atoms with Crippen LogP contribution in [0.25, 0.3) is 17.3 Å². The maximum atomic E-state index is 13.0. The molecule has 1 saturated heterocycles. The highest BCUT2D eigenvalue weighted by atomic mass is 32.2. The summed E-state index contributed by atoms with van der Waals surface area (Å²) in [4.78, 5) is 11.7. The highest BCUT2D eigenvalue weighted by Crippen LogP contribution is 2.36. The zero-order chi connectivity index (χ0) is 20.0. The van der Waals surface area contributed by atoms with Gasteiger partial charge in [-0.1, -0.05) is 12.2 Å². The molecule has 2 atom stereocenters. The second-order valence-corrected chi connectivity index (χ2v) is 10.7. The van der Waals surface area contributed by atoms with Crippen molar-refractivity contribution in [1.82, 2.24) is 9.97 Å². The van der Waals surface area contributed by atoms with Crippen LogP contribution in [0.4, 0.5) is 11.5 Å². The number of anilines is 1. The van der Waals surface area contributed by atoms with Gasteiger partial charge in [0.2, 0.25) is 0 Å². The first-order valence-electron chi connectivity index (χ1n) is 10.2. The Hall–Kier alpha value is -2.25. The van der Waals surface area contributed by atoms with Crippen molar-refractivity contribution in [1.29, 1.82) is 0 Å². The quantitative estimate of drug-likeness (QED) is 0.766. The van der Waals surface area contributed by atoms with E-state index in [1.54, 1.807) is 6.26 Å². The molecule has 0 radical (unpaired) electrons. The van der Waals surface area contributed by atoms with Gasteiger partial charge in [-0.3, -0.25) is 4.98 Å². The summed E-state index contributed by atoms with van der Waals surface area (Å²) < 4.78 is 23.3. The molecule has 1 unspecified atom stereocenters. The van der Waals surface area contributed by atoms with E-state index in [9.17, 15) is 4.21 Å². The number of aromatic nitrogens is 2. The largest absolute Gasteiger partial charge is 0.377 e. The van der Waals surface area contributed by atoms with Gasteiger partial charge in [-0.05, 0) is 31.9 Å². The lowest BCUT2D eigenvalue weighted by molar-refractivity contribution is 0.0989. The van der Waals surface area contributed by atoms with Gasteiger partial charge in [-0.15, -0.1) is 0 Å². The van der Waals surface area contributed by atoms with Crippen molar-refractivity contribution >= 4 is 27.3 Å². The van der Waals surface area contributed by atoms with Crippen LogP contribution in [0.2, 0.25) is 0 Å². The molecule has 2 fully saturated rings. The lowest BCUT2D eigenvalue weighted by atomic mass is 10.0. The first kappa shape index (κ1) is 18.8. The molecule has 5 rings (SSSR count). The monoisotopic (exact) mass is 410 g/mol.